The van der Waals surface area contributed by atoms with Gasteiger partial charge in [0.2, 0.25) is 0 Å². The van der Waals surface area contributed by atoms with E-state index in [9.17, 15) is 17.2 Å². The molecule has 1 N–H and O–H groups in total. The summed E-state index contributed by atoms with van der Waals surface area (Å²) in [5, 5.41) is 5.42. The molecule has 3 aromatic heterocycles. The van der Waals surface area contributed by atoms with Gasteiger partial charge in [0.1, 0.15) is 27.9 Å². The van der Waals surface area contributed by atoms with Gasteiger partial charge in [-0.2, -0.15) is 5.10 Å². The first-order valence-electron chi connectivity index (χ1n) is 12.0. The zero-order chi connectivity index (χ0) is 27.2. The Morgan fingerprint density at radius 3 is 2.58 bits per heavy atom. The van der Waals surface area contributed by atoms with Crippen LogP contribution in [-0.2, 0) is 16.4 Å². The van der Waals surface area contributed by atoms with E-state index < -0.39 is 21.5 Å². The van der Waals surface area contributed by atoms with Crippen molar-refractivity contribution < 1.29 is 21.9 Å². The number of nitrogens with one attached hydrogen (secondary N) is 1. The van der Waals surface area contributed by atoms with Crippen LogP contribution in [0.1, 0.15) is 23.9 Å². The quantitative estimate of drug-likeness (QED) is 0.282. The monoisotopic (exact) mass is 536 g/mol. The molecule has 196 valence electrons. The zero-order valence-electron chi connectivity index (χ0n) is 21.3. The number of hydrogen-bond acceptors (Lipinski definition) is 5. The van der Waals surface area contributed by atoms with Gasteiger partial charge in [0.25, 0.3) is 0 Å². The highest BCUT2D eigenvalue weighted by molar-refractivity contribution is 7.91. The Balaban J connectivity index is 1.59. The van der Waals surface area contributed by atoms with Gasteiger partial charge in [-0.15, -0.1) is 0 Å². The second-order valence-electron chi connectivity index (χ2n) is 9.03. The van der Waals surface area contributed by atoms with Crippen LogP contribution in [0, 0.1) is 25.5 Å². The Kier molecular flexibility index (Phi) is 6.52. The minimum atomic E-state index is -3.51. The standard InChI is InChI=1S/C28H26F2N4O3S/c1-5-38(35,36)26-12-18(6-9-25(26)37-4)19-11-22-23(14-32-28(22)31-13-19)27-16(2)33-34(17(27)3)15-20-10-21(29)7-8-24(20)30/h6-14H,5,15H2,1-4H3,(H,31,32). The second kappa shape index (κ2) is 9.68. The Labute approximate surface area is 219 Å². The SMILES string of the molecule is CCS(=O)(=O)c1cc(-c2cnc3[nH]cc(-c4c(C)nn(Cc5cc(F)ccc5F)c4C)c3c2)ccc1OC. The third-order valence-electron chi connectivity index (χ3n) is 6.72. The van der Waals surface area contributed by atoms with Crippen molar-refractivity contribution in [3.8, 4) is 28.0 Å². The molecule has 0 radical (unpaired) electrons. The van der Waals surface area contributed by atoms with Gasteiger partial charge < -0.3 is 9.72 Å². The fraction of sp³-hybridized carbons (Fsp3) is 0.214. The van der Waals surface area contributed by atoms with Crippen LogP contribution in [0.5, 0.6) is 5.75 Å². The number of ether oxygens (including phenoxy) is 1. The fourth-order valence-electron chi connectivity index (χ4n) is 4.69. The smallest absolute Gasteiger partial charge is 0.181 e. The number of sulfone groups is 1. The number of methoxy groups -OCH3 is 1. The summed E-state index contributed by atoms with van der Waals surface area (Å²) in [6.45, 7) is 5.42. The van der Waals surface area contributed by atoms with Crippen LogP contribution in [0.2, 0.25) is 0 Å². The van der Waals surface area contributed by atoms with E-state index in [4.69, 9.17) is 4.74 Å². The van der Waals surface area contributed by atoms with E-state index >= 15 is 0 Å². The molecule has 0 aliphatic carbocycles. The molecule has 0 atom stereocenters. The number of hydrogen-bond donors (Lipinski definition) is 1. The molecule has 0 unspecified atom stereocenters. The van der Waals surface area contributed by atoms with Crippen LogP contribution in [-0.4, -0.2) is 41.0 Å². The Hall–Kier alpha value is -4.05. The molecule has 7 nitrogen and oxygen atoms in total. The predicted molar refractivity (Wildman–Crippen MR) is 142 cm³/mol. The Morgan fingerprint density at radius 1 is 1.05 bits per heavy atom. The lowest BCUT2D eigenvalue weighted by Gasteiger charge is -2.11. The zero-order valence-corrected chi connectivity index (χ0v) is 22.2. The van der Waals surface area contributed by atoms with Gasteiger partial charge >= 0.3 is 0 Å². The van der Waals surface area contributed by atoms with E-state index in [2.05, 4.69) is 15.1 Å². The molecule has 0 bridgehead atoms. The molecule has 0 spiro atoms. The van der Waals surface area contributed by atoms with Crippen molar-refractivity contribution in [2.24, 2.45) is 0 Å². The van der Waals surface area contributed by atoms with E-state index in [1.807, 2.05) is 26.1 Å². The van der Waals surface area contributed by atoms with Gasteiger partial charge in [-0.1, -0.05) is 13.0 Å². The summed E-state index contributed by atoms with van der Waals surface area (Å²) in [7, 11) is -2.07. The van der Waals surface area contributed by atoms with Gasteiger partial charge in [0.05, 0.1) is 25.1 Å². The summed E-state index contributed by atoms with van der Waals surface area (Å²) in [5.74, 6) is -0.758. The number of aryl methyl sites for hydroxylation is 1. The van der Waals surface area contributed by atoms with Gasteiger partial charge in [0.15, 0.2) is 9.84 Å². The first-order valence-corrected chi connectivity index (χ1v) is 13.6. The topological polar surface area (TPSA) is 89.9 Å². The third kappa shape index (κ3) is 4.45. The van der Waals surface area contributed by atoms with Crippen molar-refractivity contribution in [1.82, 2.24) is 19.7 Å². The number of nitrogens with zero attached hydrogens (tertiary/aromatic N) is 3. The van der Waals surface area contributed by atoms with Crippen LogP contribution in [0.25, 0.3) is 33.3 Å². The minimum absolute atomic E-state index is 0.0475. The lowest BCUT2D eigenvalue weighted by molar-refractivity contribution is 0.403. The average molecular weight is 537 g/mol. The number of aromatic nitrogens is 4. The summed E-state index contributed by atoms with van der Waals surface area (Å²) in [6.07, 6.45) is 3.52. The maximum Gasteiger partial charge on any atom is 0.181 e. The predicted octanol–water partition coefficient (Wildman–Crippen LogP) is 5.84. The molecule has 10 heteroatoms. The number of pyridine rings is 1. The van der Waals surface area contributed by atoms with Crippen LogP contribution < -0.4 is 4.74 Å². The summed E-state index contributed by atoms with van der Waals surface area (Å²) >= 11 is 0. The molecule has 0 saturated heterocycles. The first-order chi connectivity index (χ1) is 18.1. The molecular weight excluding hydrogens is 510 g/mol. The largest absolute Gasteiger partial charge is 0.495 e. The molecular formula is C28H26F2N4O3S. The summed E-state index contributed by atoms with van der Waals surface area (Å²) < 4.78 is 60.3. The molecule has 38 heavy (non-hydrogen) atoms. The third-order valence-corrected chi connectivity index (χ3v) is 8.47. The fourth-order valence-corrected chi connectivity index (χ4v) is 5.76. The highest BCUT2D eigenvalue weighted by Crippen LogP contribution is 2.36. The maximum atomic E-state index is 14.3. The van der Waals surface area contributed by atoms with Crippen LogP contribution in [0.3, 0.4) is 0 Å². The number of rotatable bonds is 7. The van der Waals surface area contributed by atoms with Gasteiger partial charge in [-0.05, 0) is 55.8 Å². The summed E-state index contributed by atoms with van der Waals surface area (Å²) in [6, 6.07) is 10.4. The number of aromatic amines is 1. The highest BCUT2D eigenvalue weighted by Gasteiger charge is 2.21. The molecule has 3 heterocycles. The van der Waals surface area contributed by atoms with Gasteiger partial charge in [0, 0.05) is 45.7 Å². The molecule has 5 rings (SSSR count). The van der Waals surface area contributed by atoms with E-state index in [1.54, 1.807) is 36.0 Å². The average Bonchev–Trinajstić information content (AvgIpc) is 3.44. The normalized spacial score (nSPS) is 11.8. The maximum absolute atomic E-state index is 14.3. The van der Waals surface area contributed by atoms with Crippen molar-refractivity contribution in [1.29, 1.82) is 0 Å². The van der Waals surface area contributed by atoms with Gasteiger partial charge in [-0.3, -0.25) is 4.68 Å². The van der Waals surface area contributed by atoms with E-state index in [0.717, 1.165) is 45.6 Å². The first kappa shape index (κ1) is 25.6. The number of benzene rings is 2. The Morgan fingerprint density at radius 2 is 1.84 bits per heavy atom. The molecule has 0 fully saturated rings. The summed E-state index contributed by atoms with van der Waals surface area (Å²) in [4.78, 5) is 7.87. The van der Waals surface area contributed by atoms with Gasteiger partial charge in [-0.25, -0.2) is 22.2 Å². The number of H-pyrrole nitrogens is 1. The molecule has 0 saturated carbocycles. The molecule has 0 amide bonds. The van der Waals surface area contributed by atoms with Crippen LogP contribution in [0.15, 0.2) is 59.8 Å². The van der Waals surface area contributed by atoms with Crippen molar-refractivity contribution >= 4 is 20.9 Å². The lowest BCUT2D eigenvalue weighted by Crippen LogP contribution is -2.06. The van der Waals surface area contributed by atoms with E-state index in [0.29, 0.717) is 17.0 Å². The lowest BCUT2D eigenvalue weighted by atomic mass is 10.0. The number of halogens is 2. The minimum Gasteiger partial charge on any atom is -0.495 e. The van der Waals surface area contributed by atoms with Crippen molar-refractivity contribution in [2.75, 3.05) is 12.9 Å². The second-order valence-corrected chi connectivity index (χ2v) is 11.3. The van der Waals surface area contributed by atoms with Crippen molar-refractivity contribution in [3.05, 3.63) is 83.4 Å². The van der Waals surface area contributed by atoms with Crippen molar-refractivity contribution in [3.63, 3.8) is 0 Å². The molecule has 0 aliphatic heterocycles. The molecule has 2 aromatic carbocycles. The van der Waals surface area contributed by atoms with E-state index in [-0.39, 0.29) is 22.8 Å². The summed E-state index contributed by atoms with van der Waals surface area (Å²) in [5.41, 5.74) is 5.51. The van der Waals surface area contributed by atoms with Crippen LogP contribution in [0.4, 0.5) is 8.78 Å². The number of fused-ring (bicyclic) bond motifs is 1. The van der Waals surface area contributed by atoms with Crippen molar-refractivity contribution in [2.45, 2.75) is 32.2 Å². The highest BCUT2D eigenvalue weighted by atomic mass is 32.2. The molecule has 0 aliphatic rings. The van der Waals surface area contributed by atoms with E-state index in [1.165, 1.54) is 13.2 Å². The Bertz CT molecular complexity index is 1790. The van der Waals surface area contributed by atoms with Crippen LogP contribution >= 0.6 is 0 Å². The molecule has 5 aromatic rings.